The van der Waals surface area contributed by atoms with Crippen molar-refractivity contribution in [1.29, 1.82) is 0 Å². The van der Waals surface area contributed by atoms with Crippen molar-refractivity contribution in [3.63, 3.8) is 0 Å². The lowest BCUT2D eigenvalue weighted by Gasteiger charge is -2.00. The zero-order valence-electron chi connectivity index (χ0n) is 15.0. The Bertz CT molecular complexity index is 1110. The molecule has 0 aliphatic heterocycles. The number of aromatic nitrogens is 3. The number of rotatable bonds is 7. The zero-order chi connectivity index (χ0) is 20.1. The summed E-state index contributed by atoms with van der Waals surface area (Å²) in [5.41, 5.74) is 2.45. The van der Waals surface area contributed by atoms with Crippen LogP contribution in [0.2, 0.25) is 0 Å². The lowest BCUT2D eigenvalue weighted by atomic mass is 10.2. The second kappa shape index (κ2) is 9.03. The molecule has 4 aromatic heterocycles. The SMILES string of the molecule is O=C(CCc1csc(NC(=O)c2cccs2)n1)Nc1nc(-c2cccnc2)cs1. The van der Waals surface area contributed by atoms with Gasteiger partial charge in [0.15, 0.2) is 10.3 Å². The van der Waals surface area contributed by atoms with E-state index < -0.39 is 0 Å². The predicted octanol–water partition coefficient (Wildman–Crippen LogP) is 4.55. The molecule has 0 saturated carbocycles. The molecule has 0 saturated heterocycles. The molecule has 0 atom stereocenters. The normalized spacial score (nSPS) is 10.6. The van der Waals surface area contributed by atoms with Crippen LogP contribution >= 0.6 is 34.0 Å². The second-order valence-corrected chi connectivity index (χ2v) is 8.57. The first kappa shape index (κ1) is 19.4. The monoisotopic (exact) mass is 441 g/mol. The average Bonchev–Trinajstić information content (AvgIpc) is 3.49. The smallest absolute Gasteiger partial charge is 0.267 e. The van der Waals surface area contributed by atoms with E-state index in [1.54, 1.807) is 18.5 Å². The van der Waals surface area contributed by atoms with Gasteiger partial charge < -0.3 is 5.32 Å². The summed E-state index contributed by atoms with van der Waals surface area (Å²) in [7, 11) is 0. The molecule has 7 nitrogen and oxygen atoms in total. The quantitative estimate of drug-likeness (QED) is 0.439. The van der Waals surface area contributed by atoms with Gasteiger partial charge in [-0.2, -0.15) is 0 Å². The van der Waals surface area contributed by atoms with E-state index in [0.717, 1.165) is 17.0 Å². The largest absolute Gasteiger partial charge is 0.302 e. The molecular weight excluding hydrogens is 426 g/mol. The van der Waals surface area contributed by atoms with Crippen molar-refractivity contribution >= 4 is 56.1 Å². The number of carbonyl (C=O) groups excluding carboxylic acids is 2. The van der Waals surface area contributed by atoms with E-state index in [4.69, 9.17) is 0 Å². The number of nitrogens with zero attached hydrogens (tertiary/aromatic N) is 3. The highest BCUT2D eigenvalue weighted by molar-refractivity contribution is 7.14. The Labute approximate surface area is 178 Å². The van der Waals surface area contributed by atoms with Gasteiger partial charge in [-0.25, -0.2) is 9.97 Å². The van der Waals surface area contributed by atoms with Gasteiger partial charge in [-0.15, -0.1) is 34.0 Å². The summed E-state index contributed by atoms with van der Waals surface area (Å²) in [5, 5.41) is 12.3. The Morgan fingerprint density at radius 1 is 0.966 bits per heavy atom. The molecule has 2 amide bonds. The number of thiophene rings is 1. The Balaban J connectivity index is 1.27. The van der Waals surface area contributed by atoms with Crippen LogP contribution in [0.4, 0.5) is 10.3 Å². The standard InChI is InChI=1S/C19H15N5O2S3/c25-16(23-19-22-14(11-29-19)12-3-1-7-20-9-12)6-5-13-10-28-18(21-13)24-17(26)15-4-2-8-27-15/h1-4,7-11H,5-6H2,(H,21,24,26)(H,22,23,25). The molecule has 0 radical (unpaired) electrons. The number of hydrogen-bond donors (Lipinski definition) is 2. The maximum Gasteiger partial charge on any atom is 0.267 e. The van der Waals surface area contributed by atoms with E-state index in [-0.39, 0.29) is 18.2 Å². The summed E-state index contributed by atoms with van der Waals surface area (Å²) in [6, 6.07) is 7.35. The Kier molecular flexibility index (Phi) is 6.03. The zero-order valence-corrected chi connectivity index (χ0v) is 17.4. The minimum Gasteiger partial charge on any atom is -0.302 e. The van der Waals surface area contributed by atoms with Gasteiger partial charge in [0.05, 0.1) is 16.3 Å². The van der Waals surface area contributed by atoms with E-state index >= 15 is 0 Å². The van der Waals surface area contributed by atoms with Gasteiger partial charge in [0.25, 0.3) is 5.91 Å². The van der Waals surface area contributed by atoms with Crippen LogP contribution in [-0.2, 0) is 11.2 Å². The fourth-order valence-electron chi connectivity index (χ4n) is 2.45. The van der Waals surface area contributed by atoms with Gasteiger partial charge in [-0.3, -0.25) is 19.9 Å². The fourth-order valence-corrected chi connectivity index (χ4v) is 4.54. The first-order chi connectivity index (χ1) is 14.2. The molecule has 4 heterocycles. The van der Waals surface area contributed by atoms with Crippen LogP contribution in [0, 0.1) is 0 Å². The summed E-state index contributed by atoms with van der Waals surface area (Å²) in [6.45, 7) is 0. The van der Waals surface area contributed by atoms with E-state index in [1.807, 2.05) is 34.3 Å². The molecule has 0 unspecified atom stereocenters. The highest BCUT2D eigenvalue weighted by atomic mass is 32.1. The van der Waals surface area contributed by atoms with Crippen molar-refractivity contribution in [2.75, 3.05) is 10.6 Å². The third kappa shape index (κ3) is 5.11. The maximum absolute atomic E-state index is 12.2. The van der Waals surface area contributed by atoms with Gasteiger partial charge in [0.1, 0.15) is 0 Å². The van der Waals surface area contributed by atoms with Crippen molar-refractivity contribution in [1.82, 2.24) is 15.0 Å². The number of nitrogens with one attached hydrogen (secondary N) is 2. The summed E-state index contributed by atoms with van der Waals surface area (Å²) < 4.78 is 0. The van der Waals surface area contributed by atoms with Crippen molar-refractivity contribution in [2.45, 2.75) is 12.8 Å². The van der Waals surface area contributed by atoms with Gasteiger partial charge in [-0.1, -0.05) is 6.07 Å². The lowest BCUT2D eigenvalue weighted by Crippen LogP contribution is -2.12. The molecule has 4 rings (SSSR count). The van der Waals surface area contributed by atoms with Crippen LogP contribution in [-0.4, -0.2) is 26.8 Å². The molecule has 146 valence electrons. The predicted molar refractivity (Wildman–Crippen MR) is 117 cm³/mol. The minimum absolute atomic E-state index is 0.130. The molecule has 0 aliphatic carbocycles. The average molecular weight is 442 g/mol. The molecule has 10 heteroatoms. The summed E-state index contributed by atoms with van der Waals surface area (Å²) >= 11 is 4.09. The second-order valence-electron chi connectivity index (χ2n) is 5.90. The van der Waals surface area contributed by atoms with Crippen LogP contribution in [0.3, 0.4) is 0 Å². The summed E-state index contributed by atoms with van der Waals surface area (Å²) in [6.07, 6.45) is 4.20. The molecule has 0 spiro atoms. The highest BCUT2D eigenvalue weighted by Gasteiger charge is 2.12. The Hall–Kier alpha value is -2.95. The van der Waals surface area contributed by atoms with Crippen LogP contribution in [0.25, 0.3) is 11.3 Å². The first-order valence-corrected chi connectivity index (χ1v) is 11.3. The van der Waals surface area contributed by atoms with Crippen LogP contribution in [0.1, 0.15) is 21.8 Å². The van der Waals surface area contributed by atoms with Crippen LogP contribution in [0.15, 0.2) is 52.8 Å². The van der Waals surface area contributed by atoms with Crippen molar-refractivity contribution < 1.29 is 9.59 Å². The molecule has 0 fully saturated rings. The number of hydrogen-bond acceptors (Lipinski definition) is 8. The van der Waals surface area contributed by atoms with Crippen LogP contribution in [0.5, 0.6) is 0 Å². The van der Waals surface area contributed by atoms with E-state index in [2.05, 4.69) is 25.6 Å². The number of amides is 2. The number of aryl methyl sites for hydroxylation is 1. The number of pyridine rings is 1. The summed E-state index contributed by atoms with van der Waals surface area (Å²) in [4.78, 5) is 37.8. The first-order valence-electron chi connectivity index (χ1n) is 8.62. The van der Waals surface area contributed by atoms with Crippen molar-refractivity contribution in [3.8, 4) is 11.3 Å². The van der Waals surface area contributed by atoms with E-state index in [9.17, 15) is 9.59 Å². The number of anilines is 2. The molecular formula is C19H15N5O2S3. The van der Waals surface area contributed by atoms with Crippen LogP contribution < -0.4 is 10.6 Å². The fraction of sp³-hybridized carbons (Fsp3) is 0.105. The highest BCUT2D eigenvalue weighted by Crippen LogP contribution is 2.24. The maximum atomic E-state index is 12.2. The molecule has 2 N–H and O–H groups in total. The third-order valence-electron chi connectivity index (χ3n) is 3.83. The number of thiazole rings is 2. The number of carbonyl (C=O) groups is 2. The van der Waals surface area contributed by atoms with Crippen molar-refractivity contribution in [2.24, 2.45) is 0 Å². The molecule has 0 aromatic carbocycles. The minimum atomic E-state index is -0.174. The van der Waals surface area contributed by atoms with Gasteiger partial charge >= 0.3 is 0 Å². The Morgan fingerprint density at radius 3 is 2.62 bits per heavy atom. The lowest BCUT2D eigenvalue weighted by molar-refractivity contribution is -0.116. The van der Waals surface area contributed by atoms with E-state index in [1.165, 1.54) is 34.0 Å². The van der Waals surface area contributed by atoms with Gasteiger partial charge in [0.2, 0.25) is 5.91 Å². The molecule has 29 heavy (non-hydrogen) atoms. The molecule has 0 bridgehead atoms. The van der Waals surface area contributed by atoms with E-state index in [0.29, 0.717) is 21.6 Å². The Morgan fingerprint density at radius 2 is 1.83 bits per heavy atom. The molecule has 4 aromatic rings. The van der Waals surface area contributed by atoms with Gasteiger partial charge in [-0.05, 0) is 30.0 Å². The molecule has 0 aliphatic rings. The van der Waals surface area contributed by atoms with Gasteiger partial charge in [0, 0.05) is 35.1 Å². The summed E-state index contributed by atoms with van der Waals surface area (Å²) in [5.74, 6) is -0.305. The third-order valence-corrected chi connectivity index (χ3v) is 6.27. The topological polar surface area (TPSA) is 96.9 Å². The van der Waals surface area contributed by atoms with Crippen molar-refractivity contribution in [3.05, 3.63) is 63.4 Å².